The van der Waals surface area contributed by atoms with Crippen LogP contribution >= 0.6 is 15.9 Å². The number of methoxy groups -OCH3 is 1. The molecule has 2 N–H and O–H groups in total. The molecule has 2 aromatic rings. The number of nitrogens with two attached hydrogens (primary N) is 1. The van der Waals surface area contributed by atoms with Crippen molar-refractivity contribution in [2.45, 2.75) is 0 Å². The van der Waals surface area contributed by atoms with Crippen molar-refractivity contribution in [2.75, 3.05) is 12.8 Å². The molecular formula is C10H9BrFN3O. The number of hydrogen-bond donors (Lipinski definition) is 1. The molecule has 6 heteroatoms. The Morgan fingerprint density at radius 2 is 2.25 bits per heavy atom. The zero-order chi connectivity index (χ0) is 11.7. The minimum Gasteiger partial charge on any atom is -0.494 e. The molecule has 0 unspecified atom stereocenters. The minimum atomic E-state index is -0.491. The number of halogens is 2. The van der Waals surface area contributed by atoms with Crippen LogP contribution in [-0.2, 0) is 0 Å². The van der Waals surface area contributed by atoms with Crippen LogP contribution in [0.1, 0.15) is 0 Å². The zero-order valence-corrected chi connectivity index (χ0v) is 10.0. The van der Waals surface area contributed by atoms with Gasteiger partial charge in [0.25, 0.3) is 0 Å². The smallest absolute Gasteiger partial charge is 0.167 e. The van der Waals surface area contributed by atoms with Gasteiger partial charge in [-0.05, 0) is 15.9 Å². The van der Waals surface area contributed by atoms with Gasteiger partial charge in [-0.2, -0.15) is 5.10 Å². The summed E-state index contributed by atoms with van der Waals surface area (Å²) in [5.41, 5.74) is 6.59. The van der Waals surface area contributed by atoms with E-state index in [4.69, 9.17) is 10.5 Å². The zero-order valence-electron chi connectivity index (χ0n) is 8.45. The topological polar surface area (TPSA) is 53.1 Å². The molecule has 0 amide bonds. The summed E-state index contributed by atoms with van der Waals surface area (Å²) in [4.78, 5) is 0. The van der Waals surface area contributed by atoms with Gasteiger partial charge in [0.1, 0.15) is 0 Å². The van der Waals surface area contributed by atoms with E-state index in [9.17, 15) is 4.39 Å². The molecule has 0 atom stereocenters. The van der Waals surface area contributed by atoms with Crippen molar-refractivity contribution < 1.29 is 9.13 Å². The maximum atomic E-state index is 13.3. The lowest BCUT2D eigenvalue weighted by Gasteiger charge is -2.09. The van der Waals surface area contributed by atoms with Crippen LogP contribution in [-0.4, -0.2) is 16.9 Å². The maximum absolute atomic E-state index is 13.3. The summed E-state index contributed by atoms with van der Waals surface area (Å²) in [6.07, 6.45) is 3.35. The molecular weight excluding hydrogens is 277 g/mol. The van der Waals surface area contributed by atoms with Gasteiger partial charge in [-0.1, -0.05) is 0 Å². The molecule has 1 aromatic carbocycles. The number of rotatable bonds is 2. The van der Waals surface area contributed by atoms with E-state index in [1.54, 1.807) is 17.1 Å². The molecule has 1 aromatic heterocycles. The summed E-state index contributed by atoms with van der Waals surface area (Å²) in [6, 6.07) is 2.72. The van der Waals surface area contributed by atoms with Crippen molar-refractivity contribution in [3.8, 4) is 11.4 Å². The molecule has 0 spiro atoms. The first-order valence-corrected chi connectivity index (χ1v) is 5.24. The van der Waals surface area contributed by atoms with E-state index in [-0.39, 0.29) is 5.75 Å². The summed E-state index contributed by atoms with van der Waals surface area (Å²) in [5.74, 6) is -0.356. The van der Waals surface area contributed by atoms with Crippen LogP contribution in [0.5, 0.6) is 5.75 Å². The van der Waals surface area contributed by atoms with Crippen LogP contribution < -0.4 is 10.5 Å². The van der Waals surface area contributed by atoms with Crippen molar-refractivity contribution >= 4 is 21.6 Å². The third-order valence-corrected chi connectivity index (χ3v) is 2.51. The average Bonchev–Trinajstić information content (AvgIpc) is 2.65. The lowest BCUT2D eigenvalue weighted by molar-refractivity contribution is 0.386. The van der Waals surface area contributed by atoms with E-state index in [1.165, 1.54) is 19.2 Å². The molecule has 4 nitrogen and oxygen atoms in total. The van der Waals surface area contributed by atoms with Crippen molar-refractivity contribution in [3.63, 3.8) is 0 Å². The second-order valence-electron chi connectivity index (χ2n) is 3.15. The average molecular weight is 286 g/mol. The lowest BCUT2D eigenvalue weighted by atomic mass is 10.2. The molecule has 0 aliphatic heterocycles. The van der Waals surface area contributed by atoms with Gasteiger partial charge >= 0.3 is 0 Å². The molecule has 0 aliphatic carbocycles. The molecule has 0 radical (unpaired) electrons. The highest BCUT2D eigenvalue weighted by molar-refractivity contribution is 9.10. The van der Waals surface area contributed by atoms with Crippen molar-refractivity contribution in [1.82, 2.24) is 9.78 Å². The van der Waals surface area contributed by atoms with Gasteiger partial charge in [-0.25, -0.2) is 9.07 Å². The standard InChI is InChI=1S/C10H9BrFN3O/c1-16-10-3-9(8(13)2-7(10)12)15-5-6(11)4-14-15/h2-5H,13H2,1H3. The summed E-state index contributed by atoms with van der Waals surface area (Å²) in [5, 5.41) is 4.06. The third kappa shape index (κ3) is 1.88. The van der Waals surface area contributed by atoms with Gasteiger partial charge in [-0.15, -0.1) is 0 Å². The summed E-state index contributed by atoms with van der Waals surface area (Å²) >= 11 is 3.27. The molecule has 0 saturated heterocycles. The second kappa shape index (κ2) is 4.13. The van der Waals surface area contributed by atoms with Crippen molar-refractivity contribution in [3.05, 3.63) is 34.8 Å². The van der Waals surface area contributed by atoms with E-state index in [1.807, 2.05) is 0 Å². The Balaban J connectivity index is 2.56. The van der Waals surface area contributed by atoms with Crippen molar-refractivity contribution in [2.24, 2.45) is 0 Å². The highest BCUT2D eigenvalue weighted by Gasteiger charge is 2.10. The normalized spacial score (nSPS) is 10.4. The summed E-state index contributed by atoms with van der Waals surface area (Å²) < 4.78 is 20.6. The number of benzene rings is 1. The van der Waals surface area contributed by atoms with Crippen LogP contribution in [0.2, 0.25) is 0 Å². The van der Waals surface area contributed by atoms with Crippen LogP contribution in [0, 0.1) is 5.82 Å². The molecule has 0 bridgehead atoms. The highest BCUT2D eigenvalue weighted by atomic mass is 79.9. The van der Waals surface area contributed by atoms with E-state index in [0.717, 1.165) is 4.47 Å². The van der Waals surface area contributed by atoms with Gasteiger partial charge in [0.15, 0.2) is 11.6 Å². The number of ether oxygens (including phenoxy) is 1. The van der Waals surface area contributed by atoms with Crippen LogP contribution in [0.15, 0.2) is 29.0 Å². The van der Waals surface area contributed by atoms with Gasteiger partial charge in [0, 0.05) is 18.3 Å². The van der Waals surface area contributed by atoms with E-state index < -0.39 is 5.82 Å². The Hall–Kier alpha value is -1.56. The first-order valence-electron chi connectivity index (χ1n) is 4.45. The number of hydrogen-bond acceptors (Lipinski definition) is 3. The van der Waals surface area contributed by atoms with Crippen molar-refractivity contribution in [1.29, 1.82) is 0 Å². The summed E-state index contributed by atoms with van der Waals surface area (Å²) in [7, 11) is 1.40. The number of aromatic nitrogens is 2. The fraction of sp³-hybridized carbons (Fsp3) is 0.100. The second-order valence-corrected chi connectivity index (χ2v) is 4.06. The molecule has 0 saturated carbocycles. The summed E-state index contributed by atoms with van der Waals surface area (Å²) in [6.45, 7) is 0. The maximum Gasteiger partial charge on any atom is 0.167 e. The molecule has 0 aliphatic rings. The lowest BCUT2D eigenvalue weighted by Crippen LogP contribution is -2.02. The predicted octanol–water partition coefficient (Wildman–Crippen LogP) is 2.36. The first-order chi connectivity index (χ1) is 7.61. The highest BCUT2D eigenvalue weighted by Crippen LogP contribution is 2.27. The number of nitrogen functional groups attached to an aromatic ring is 1. The van der Waals surface area contributed by atoms with Crippen LogP contribution in [0.3, 0.4) is 0 Å². The molecule has 0 fully saturated rings. The number of anilines is 1. The monoisotopic (exact) mass is 285 g/mol. The fourth-order valence-corrected chi connectivity index (χ4v) is 1.63. The van der Waals surface area contributed by atoms with E-state index in [2.05, 4.69) is 21.0 Å². The minimum absolute atomic E-state index is 0.135. The quantitative estimate of drug-likeness (QED) is 0.862. The van der Waals surface area contributed by atoms with Gasteiger partial charge in [-0.3, -0.25) is 0 Å². The van der Waals surface area contributed by atoms with Gasteiger partial charge < -0.3 is 10.5 Å². The van der Waals surface area contributed by atoms with E-state index in [0.29, 0.717) is 11.4 Å². The molecule has 1 heterocycles. The Morgan fingerprint density at radius 3 is 2.81 bits per heavy atom. The molecule has 16 heavy (non-hydrogen) atoms. The predicted molar refractivity (Wildman–Crippen MR) is 62.2 cm³/mol. The Kier molecular flexibility index (Phi) is 2.82. The van der Waals surface area contributed by atoms with Crippen LogP contribution in [0.4, 0.5) is 10.1 Å². The Bertz CT molecular complexity index is 527. The van der Waals surface area contributed by atoms with Gasteiger partial charge in [0.2, 0.25) is 0 Å². The molecule has 84 valence electrons. The largest absolute Gasteiger partial charge is 0.494 e. The first kappa shape index (κ1) is 10.9. The Morgan fingerprint density at radius 1 is 1.50 bits per heavy atom. The van der Waals surface area contributed by atoms with Gasteiger partial charge in [0.05, 0.1) is 29.2 Å². The fourth-order valence-electron chi connectivity index (χ4n) is 1.35. The Labute approximate surface area is 99.9 Å². The number of nitrogens with zero attached hydrogens (tertiary/aromatic N) is 2. The van der Waals surface area contributed by atoms with Crippen LogP contribution in [0.25, 0.3) is 5.69 Å². The van der Waals surface area contributed by atoms with E-state index >= 15 is 0 Å². The SMILES string of the molecule is COc1cc(-n2cc(Br)cn2)c(N)cc1F. The third-order valence-electron chi connectivity index (χ3n) is 2.10. The molecule has 2 rings (SSSR count).